The zero-order valence-corrected chi connectivity index (χ0v) is 10.7. The summed E-state index contributed by atoms with van der Waals surface area (Å²) < 4.78 is 39.1. The Bertz CT molecular complexity index is 237. The summed E-state index contributed by atoms with van der Waals surface area (Å²) in [5.41, 5.74) is -0.214. The van der Waals surface area contributed by atoms with Crippen molar-refractivity contribution in [3.8, 4) is 0 Å². The third-order valence-corrected chi connectivity index (χ3v) is 3.73. The number of halogens is 4. The standard InChI is InChI=1S/C11H19ClF3NO/c1-9-3-2-4-10(7-9,8-12)16-5-6-17-11(13,14)15/h9,16H,2-8H2,1H3. The van der Waals surface area contributed by atoms with E-state index in [-0.39, 0.29) is 18.7 Å². The Balaban J connectivity index is 2.31. The van der Waals surface area contributed by atoms with Gasteiger partial charge in [0.2, 0.25) is 0 Å². The zero-order valence-electron chi connectivity index (χ0n) is 9.95. The van der Waals surface area contributed by atoms with Crippen molar-refractivity contribution in [1.29, 1.82) is 0 Å². The summed E-state index contributed by atoms with van der Waals surface area (Å²) in [6, 6.07) is 0. The number of ether oxygens (including phenoxy) is 1. The van der Waals surface area contributed by atoms with Crippen LogP contribution in [0.15, 0.2) is 0 Å². The highest BCUT2D eigenvalue weighted by Crippen LogP contribution is 2.33. The van der Waals surface area contributed by atoms with Gasteiger partial charge in [0.25, 0.3) is 0 Å². The molecule has 2 unspecified atom stereocenters. The van der Waals surface area contributed by atoms with Crippen LogP contribution in [0.1, 0.15) is 32.6 Å². The maximum Gasteiger partial charge on any atom is 0.522 e. The van der Waals surface area contributed by atoms with Gasteiger partial charge in [-0.2, -0.15) is 0 Å². The summed E-state index contributed by atoms with van der Waals surface area (Å²) in [5.74, 6) is 1.00. The summed E-state index contributed by atoms with van der Waals surface area (Å²) in [5, 5.41) is 3.13. The van der Waals surface area contributed by atoms with Gasteiger partial charge in [-0.25, -0.2) is 0 Å². The van der Waals surface area contributed by atoms with E-state index in [2.05, 4.69) is 17.0 Å². The zero-order chi connectivity index (χ0) is 12.9. The van der Waals surface area contributed by atoms with Crippen molar-refractivity contribution in [3.05, 3.63) is 0 Å². The second-order valence-corrected chi connectivity index (χ2v) is 5.10. The normalized spacial score (nSPS) is 30.5. The third-order valence-electron chi connectivity index (χ3n) is 3.22. The number of hydrogen-bond donors (Lipinski definition) is 1. The Morgan fingerprint density at radius 1 is 1.47 bits per heavy atom. The van der Waals surface area contributed by atoms with E-state index in [1.807, 2.05) is 0 Å². The lowest BCUT2D eigenvalue weighted by Gasteiger charge is -2.39. The largest absolute Gasteiger partial charge is 0.522 e. The first-order valence-electron chi connectivity index (χ1n) is 5.89. The summed E-state index contributed by atoms with van der Waals surface area (Å²) in [6.45, 7) is 1.96. The molecule has 1 fully saturated rings. The Kier molecular flexibility index (Phi) is 5.54. The van der Waals surface area contributed by atoms with E-state index in [9.17, 15) is 13.2 Å². The van der Waals surface area contributed by atoms with Crippen LogP contribution in [0.4, 0.5) is 13.2 Å². The van der Waals surface area contributed by atoms with Crippen molar-refractivity contribution < 1.29 is 17.9 Å². The topological polar surface area (TPSA) is 21.3 Å². The van der Waals surface area contributed by atoms with E-state index in [0.717, 1.165) is 19.3 Å². The summed E-state index contributed by atoms with van der Waals surface area (Å²) >= 11 is 5.95. The molecule has 17 heavy (non-hydrogen) atoms. The van der Waals surface area contributed by atoms with Crippen molar-refractivity contribution in [2.24, 2.45) is 5.92 Å². The van der Waals surface area contributed by atoms with Crippen molar-refractivity contribution >= 4 is 11.6 Å². The average molecular weight is 274 g/mol. The van der Waals surface area contributed by atoms with Crippen LogP contribution in [0.25, 0.3) is 0 Å². The van der Waals surface area contributed by atoms with Crippen LogP contribution in [-0.4, -0.2) is 30.9 Å². The van der Waals surface area contributed by atoms with Gasteiger partial charge < -0.3 is 5.32 Å². The van der Waals surface area contributed by atoms with Crippen LogP contribution in [0, 0.1) is 5.92 Å². The molecule has 0 heterocycles. The number of hydrogen-bond acceptors (Lipinski definition) is 2. The minimum absolute atomic E-state index is 0.180. The highest BCUT2D eigenvalue weighted by Gasteiger charge is 2.34. The van der Waals surface area contributed by atoms with Crippen LogP contribution in [0.5, 0.6) is 0 Å². The van der Waals surface area contributed by atoms with Crippen LogP contribution in [0.3, 0.4) is 0 Å². The lowest BCUT2D eigenvalue weighted by molar-refractivity contribution is -0.323. The molecule has 1 aliphatic rings. The van der Waals surface area contributed by atoms with Crippen molar-refractivity contribution in [2.75, 3.05) is 19.0 Å². The molecule has 0 saturated heterocycles. The molecule has 2 nitrogen and oxygen atoms in total. The smallest absolute Gasteiger partial charge is 0.308 e. The molecule has 0 aromatic rings. The van der Waals surface area contributed by atoms with E-state index in [1.165, 1.54) is 6.42 Å². The van der Waals surface area contributed by atoms with Gasteiger partial charge in [0, 0.05) is 18.0 Å². The first-order valence-corrected chi connectivity index (χ1v) is 6.42. The van der Waals surface area contributed by atoms with Crippen molar-refractivity contribution in [3.63, 3.8) is 0 Å². The second-order valence-electron chi connectivity index (χ2n) is 4.84. The number of alkyl halides is 4. The summed E-state index contributed by atoms with van der Waals surface area (Å²) in [7, 11) is 0. The Labute approximate surface area is 105 Å². The monoisotopic (exact) mass is 273 g/mol. The van der Waals surface area contributed by atoms with Crippen LogP contribution < -0.4 is 5.32 Å². The highest BCUT2D eigenvalue weighted by atomic mass is 35.5. The van der Waals surface area contributed by atoms with E-state index in [1.54, 1.807) is 0 Å². The number of rotatable bonds is 5. The minimum atomic E-state index is -4.55. The molecule has 0 spiro atoms. The van der Waals surface area contributed by atoms with E-state index in [0.29, 0.717) is 11.8 Å². The molecule has 0 bridgehead atoms. The minimum Gasteiger partial charge on any atom is -0.308 e. The maximum absolute atomic E-state index is 11.8. The molecule has 0 aromatic carbocycles. The van der Waals surface area contributed by atoms with Crippen molar-refractivity contribution in [2.45, 2.75) is 44.5 Å². The van der Waals surface area contributed by atoms with Gasteiger partial charge in [-0.15, -0.1) is 24.8 Å². The SMILES string of the molecule is CC1CCCC(CCl)(NCCOC(F)(F)F)C1. The van der Waals surface area contributed by atoms with Crippen LogP contribution in [-0.2, 0) is 4.74 Å². The van der Waals surface area contributed by atoms with Gasteiger partial charge in [0.05, 0.1) is 6.61 Å². The first-order chi connectivity index (χ1) is 7.87. The summed E-state index contributed by atoms with van der Waals surface area (Å²) in [6.07, 6.45) is -0.467. The molecule has 1 aliphatic carbocycles. The molecule has 0 amide bonds. The molecule has 6 heteroatoms. The Morgan fingerprint density at radius 3 is 2.71 bits per heavy atom. The molecule has 1 saturated carbocycles. The third kappa shape index (κ3) is 5.44. The molecule has 1 N–H and O–H groups in total. The number of nitrogens with one attached hydrogen (secondary N) is 1. The second kappa shape index (κ2) is 6.25. The maximum atomic E-state index is 11.8. The fourth-order valence-corrected chi connectivity index (χ4v) is 2.81. The molecule has 0 aliphatic heterocycles. The predicted octanol–water partition coefficient (Wildman–Crippen LogP) is 3.30. The van der Waals surface area contributed by atoms with Gasteiger partial charge >= 0.3 is 6.36 Å². The quantitative estimate of drug-likeness (QED) is 0.613. The van der Waals surface area contributed by atoms with Gasteiger partial charge in [-0.05, 0) is 18.8 Å². The molecule has 2 atom stereocenters. The summed E-state index contributed by atoms with van der Waals surface area (Å²) in [4.78, 5) is 0. The van der Waals surface area contributed by atoms with E-state index >= 15 is 0 Å². The molecule has 0 radical (unpaired) electrons. The lowest BCUT2D eigenvalue weighted by atomic mass is 9.77. The molecule has 1 rings (SSSR count). The van der Waals surface area contributed by atoms with Gasteiger partial charge in [-0.1, -0.05) is 19.8 Å². The highest BCUT2D eigenvalue weighted by molar-refractivity contribution is 6.18. The lowest BCUT2D eigenvalue weighted by Crippen LogP contribution is -2.51. The Hall–Kier alpha value is -0.0000000000000000555. The fourth-order valence-electron chi connectivity index (χ4n) is 2.47. The predicted molar refractivity (Wildman–Crippen MR) is 61.1 cm³/mol. The van der Waals surface area contributed by atoms with Gasteiger partial charge in [0.1, 0.15) is 0 Å². The average Bonchev–Trinajstić information content (AvgIpc) is 2.23. The van der Waals surface area contributed by atoms with Gasteiger partial charge in [0.15, 0.2) is 0 Å². The Morgan fingerprint density at radius 2 is 2.18 bits per heavy atom. The fraction of sp³-hybridized carbons (Fsp3) is 1.00. The molecule has 0 aromatic heterocycles. The first kappa shape index (κ1) is 15.1. The molecule has 102 valence electrons. The van der Waals surface area contributed by atoms with Crippen molar-refractivity contribution in [1.82, 2.24) is 5.32 Å². The molecular weight excluding hydrogens is 255 g/mol. The van der Waals surface area contributed by atoms with Crippen LogP contribution >= 0.6 is 11.6 Å². The van der Waals surface area contributed by atoms with Gasteiger partial charge in [-0.3, -0.25) is 4.74 Å². The molecular formula is C11H19ClF3NO. The van der Waals surface area contributed by atoms with E-state index < -0.39 is 6.36 Å². The van der Waals surface area contributed by atoms with E-state index in [4.69, 9.17) is 11.6 Å². The van der Waals surface area contributed by atoms with Crippen LogP contribution in [0.2, 0.25) is 0 Å².